The summed E-state index contributed by atoms with van der Waals surface area (Å²) in [6.45, 7) is 1.93. The van der Waals surface area contributed by atoms with Gasteiger partial charge in [-0.15, -0.1) is 0 Å². The number of nitro benzene ring substituents is 1. The van der Waals surface area contributed by atoms with Crippen molar-refractivity contribution >= 4 is 17.4 Å². The summed E-state index contributed by atoms with van der Waals surface area (Å²) in [5, 5.41) is 10.9. The van der Waals surface area contributed by atoms with Crippen molar-refractivity contribution in [1.29, 1.82) is 0 Å². The van der Waals surface area contributed by atoms with E-state index in [0.717, 1.165) is 10.5 Å². The summed E-state index contributed by atoms with van der Waals surface area (Å²) in [6.07, 6.45) is 0. The number of nitrogens with zero attached hydrogens (tertiary/aromatic N) is 1. The standard InChI is InChI=1S/C13H11NO2S/c1-10-7-8-12(14(15)16)13(9-10)17-11-5-3-2-4-6-11/h2-9H,1H3. The Balaban J connectivity index is 2.37. The maximum Gasteiger partial charge on any atom is 0.283 e. The normalized spacial score (nSPS) is 10.2. The monoisotopic (exact) mass is 245 g/mol. The Morgan fingerprint density at radius 3 is 2.47 bits per heavy atom. The molecule has 0 N–H and O–H groups in total. The van der Waals surface area contributed by atoms with Crippen LogP contribution in [0.4, 0.5) is 5.69 Å². The van der Waals surface area contributed by atoms with Crippen LogP contribution in [0.15, 0.2) is 58.3 Å². The molecule has 17 heavy (non-hydrogen) atoms. The minimum Gasteiger partial charge on any atom is -0.258 e. The molecule has 0 aliphatic carbocycles. The van der Waals surface area contributed by atoms with E-state index in [1.807, 2.05) is 43.3 Å². The fourth-order valence-corrected chi connectivity index (χ4v) is 2.51. The average molecular weight is 245 g/mol. The number of rotatable bonds is 3. The molecule has 0 saturated heterocycles. The van der Waals surface area contributed by atoms with Gasteiger partial charge in [-0.3, -0.25) is 10.1 Å². The summed E-state index contributed by atoms with van der Waals surface area (Å²) in [6, 6.07) is 14.8. The lowest BCUT2D eigenvalue weighted by molar-refractivity contribution is -0.387. The summed E-state index contributed by atoms with van der Waals surface area (Å²) >= 11 is 1.42. The summed E-state index contributed by atoms with van der Waals surface area (Å²) in [5.41, 5.74) is 1.18. The van der Waals surface area contributed by atoms with Gasteiger partial charge < -0.3 is 0 Å². The van der Waals surface area contributed by atoms with E-state index in [-0.39, 0.29) is 10.6 Å². The van der Waals surface area contributed by atoms with Crippen LogP contribution >= 0.6 is 11.8 Å². The van der Waals surface area contributed by atoms with E-state index in [0.29, 0.717) is 4.90 Å². The van der Waals surface area contributed by atoms with E-state index in [2.05, 4.69) is 0 Å². The molecular formula is C13H11NO2S. The van der Waals surface area contributed by atoms with Gasteiger partial charge in [0.1, 0.15) is 0 Å². The molecular weight excluding hydrogens is 234 g/mol. The van der Waals surface area contributed by atoms with Crippen molar-refractivity contribution < 1.29 is 4.92 Å². The lowest BCUT2D eigenvalue weighted by Gasteiger charge is -2.03. The van der Waals surface area contributed by atoms with Crippen molar-refractivity contribution in [3.05, 3.63) is 64.2 Å². The van der Waals surface area contributed by atoms with Gasteiger partial charge in [0.25, 0.3) is 5.69 Å². The summed E-state index contributed by atoms with van der Waals surface area (Å²) in [4.78, 5) is 12.3. The summed E-state index contributed by atoms with van der Waals surface area (Å²) in [7, 11) is 0. The van der Waals surface area contributed by atoms with Crippen LogP contribution in [-0.2, 0) is 0 Å². The number of hydrogen-bond acceptors (Lipinski definition) is 3. The van der Waals surface area contributed by atoms with E-state index in [1.54, 1.807) is 12.1 Å². The fraction of sp³-hybridized carbons (Fsp3) is 0.0769. The van der Waals surface area contributed by atoms with Crippen LogP contribution < -0.4 is 0 Å². The van der Waals surface area contributed by atoms with Crippen LogP contribution in [0, 0.1) is 17.0 Å². The second-order valence-electron chi connectivity index (χ2n) is 3.64. The molecule has 0 fully saturated rings. The van der Waals surface area contributed by atoms with E-state index in [4.69, 9.17) is 0 Å². The van der Waals surface area contributed by atoms with Gasteiger partial charge in [0.05, 0.1) is 9.82 Å². The number of benzene rings is 2. The Morgan fingerprint density at radius 1 is 1.12 bits per heavy atom. The molecule has 0 aliphatic heterocycles. The molecule has 0 aliphatic rings. The topological polar surface area (TPSA) is 43.1 Å². The molecule has 86 valence electrons. The molecule has 2 rings (SSSR count). The molecule has 0 unspecified atom stereocenters. The summed E-state index contributed by atoms with van der Waals surface area (Å²) < 4.78 is 0. The van der Waals surface area contributed by atoms with Crippen molar-refractivity contribution in [1.82, 2.24) is 0 Å². The minimum absolute atomic E-state index is 0.157. The van der Waals surface area contributed by atoms with Gasteiger partial charge in [-0.1, -0.05) is 36.0 Å². The third-order valence-electron chi connectivity index (χ3n) is 2.28. The minimum atomic E-state index is -0.343. The summed E-state index contributed by atoms with van der Waals surface area (Å²) in [5.74, 6) is 0. The highest BCUT2D eigenvalue weighted by Crippen LogP contribution is 2.35. The van der Waals surface area contributed by atoms with E-state index >= 15 is 0 Å². The maximum absolute atomic E-state index is 10.9. The predicted octanol–water partition coefficient (Wildman–Crippen LogP) is 4.05. The van der Waals surface area contributed by atoms with E-state index < -0.39 is 0 Å². The smallest absolute Gasteiger partial charge is 0.258 e. The molecule has 0 bridgehead atoms. The highest BCUT2D eigenvalue weighted by atomic mass is 32.2. The Bertz CT molecular complexity index is 540. The van der Waals surface area contributed by atoms with Crippen molar-refractivity contribution in [2.24, 2.45) is 0 Å². The van der Waals surface area contributed by atoms with E-state index in [1.165, 1.54) is 11.8 Å². The molecule has 2 aromatic carbocycles. The molecule has 0 saturated carbocycles. The Hall–Kier alpha value is -1.81. The Morgan fingerprint density at radius 2 is 1.82 bits per heavy atom. The second-order valence-corrected chi connectivity index (χ2v) is 4.76. The third kappa shape index (κ3) is 2.85. The molecule has 2 aromatic rings. The van der Waals surface area contributed by atoms with Gasteiger partial charge in [0, 0.05) is 11.0 Å². The van der Waals surface area contributed by atoms with Crippen molar-refractivity contribution in [2.45, 2.75) is 16.7 Å². The van der Waals surface area contributed by atoms with Crippen LogP contribution in [-0.4, -0.2) is 4.92 Å². The zero-order valence-electron chi connectivity index (χ0n) is 9.29. The first kappa shape index (κ1) is 11.7. The predicted molar refractivity (Wildman–Crippen MR) is 68.4 cm³/mol. The van der Waals surface area contributed by atoms with Crippen molar-refractivity contribution in [2.75, 3.05) is 0 Å². The van der Waals surface area contributed by atoms with Crippen LogP contribution in [0.1, 0.15) is 5.56 Å². The van der Waals surface area contributed by atoms with Gasteiger partial charge in [0.2, 0.25) is 0 Å². The lowest BCUT2D eigenvalue weighted by Crippen LogP contribution is -1.91. The highest BCUT2D eigenvalue weighted by molar-refractivity contribution is 7.99. The van der Waals surface area contributed by atoms with Gasteiger partial charge in [-0.25, -0.2) is 0 Å². The van der Waals surface area contributed by atoms with Crippen LogP contribution in [0.3, 0.4) is 0 Å². The quantitative estimate of drug-likeness (QED) is 0.605. The van der Waals surface area contributed by atoms with Crippen molar-refractivity contribution in [3.8, 4) is 0 Å². The van der Waals surface area contributed by atoms with Crippen LogP contribution in [0.5, 0.6) is 0 Å². The first-order valence-electron chi connectivity index (χ1n) is 5.15. The molecule has 0 radical (unpaired) electrons. The lowest BCUT2D eigenvalue weighted by atomic mass is 10.2. The number of hydrogen-bond donors (Lipinski definition) is 0. The fourth-order valence-electron chi connectivity index (χ4n) is 1.47. The molecule has 4 heteroatoms. The molecule has 0 amide bonds. The molecule has 0 atom stereocenters. The number of aryl methyl sites for hydroxylation is 1. The van der Waals surface area contributed by atoms with Gasteiger partial charge >= 0.3 is 0 Å². The van der Waals surface area contributed by atoms with Gasteiger partial charge in [-0.2, -0.15) is 0 Å². The maximum atomic E-state index is 10.9. The second kappa shape index (κ2) is 5.01. The average Bonchev–Trinajstić information content (AvgIpc) is 2.30. The zero-order valence-corrected chi connectivity index (χ0v) is 10.1. The number of nitro groups is 1. The SMILES string of the molecule is Cc1ccc([N+](=O)[O-])c(Sc2ccccc2)c1. The zero-order chi connectivity index (χ0) is 12.3. The van der Waals surface area contributed by atoms with Gasteiger partial charge in [0.15, 0.2) is 0 Å². The molecule has 0 spiro atoms. The first-order valence-corrected chi connectivity index (χ1v) is 5.96. The molecule has 0 heterocycles. The Kier molecular flexibility index (Phi) is 3.44. The largest absolute Gasteiger partial charge is 0.283 e. The first-order chi connectivity index (χ1) is 8.16. The molecule has 0 aromatic heterocycles. The van der Waals surface area contributed by atoms with E-state index in [9.17, 15) is 10.1 Å². The molecule has 3 nitrogen and oxygen atoms in total. The van der Waals surface area contributed by atoms with Crippen molar-refractivity contribution in [3.63, 3.8) is 0 Å². The highest BCUT2D eigenvalue weighted by Gasteiger charge is 2.14. The van der Waals surface area contributed by atoms with Crippen LogP contribution in [0.25, 0.3) is 0 Å². The van der Waals surface area contributed by atoms with Crippen LogP contribution in [0.2, 0.25) is 0 Å². The third-order valence-corrected chi connectivity index (χ3v) is 3.34. The van der Waals surface area contributed by atoms with Gasteiger partial charge in [-0.05, 0) is 30.7 Å². The Labute approximate surface area is 104 Å².